The molecule has 0 unspecified atom stereocenters. The molecule has 0 radical (unpaired) electrons. The molecule has 4 nitrogen and oxygen atoms in total. The van der Waals surface area contributed by atoms with Crippen molar-refractivity contribution in [2.24, 2.45) is 0 Å². The average molecular weight is 233 g/mol. The molecule has 66 valence electrons. The molecule has 0 atom stereocenters. The molecule has 1 N–H and O–H groups in total. The summed E-state index contributed by atoms with van der Waals surface area (Å²) < 4.78 is 4.70. The molecule has 1 heterocycles. The largest absolute Gasteiger partial charge is 0.364 e. The van der Waals surface area contributed by atoms with E-state index in [1.54, 1.807) is 0 Å². The monoisotopic (exact) mass is 232 g/mol. The van der Waals surface area contributed by atoms with Crippen molar-refractivity contribution in [2.75, 3.05) is 5.33 Å². The summed E-state index contributed by atoms with van der Waals surface area (Å²) in [5.74, 6) is -0.0457. The van der Waals surface area contributed by atoms with E-state index in [0.29, 0.717) is 11.9 Å². The van der Waals surface area contributed by atoms with Gasteiger partial charge < -0.3 is 9.84 Å². The van der Waals surface area contributed by atoms with Crippen molar-refractivity contribution in [1.82, 2.24) is 10.5 Å². The second kappa shape index (κ2) is 4.25. The lowest BCUT2D eigenvalue weighted by Gasteiger charge is -1.99. The molecule has 0 bridgehead atoms. The van der Waals surface area contributed by atoms with E-state index in [1.165, 1.54) is 6.26 Å². The van der Waals surface area contributed by atoms with Gasteiger partial charge in [-0.05, 0) is 6.92 Å². The number of hydrogen-bond acceptors (Lipinski definition) is 3. The van der Waals surface area contributed by atoms with E-state index in [-0.39, 0.29) is 5.91 Å². The summed E-state index contributed by atoms with van der Waals surface area (Å²) in [6, 6.07) is 0. The van der Waals surface area contributed by atoms with E-state index < -0.39 is 0 Å². The lowest BCUT2D eigenvalue weighted by Crippen LogP contribution is -2.23. The molecule has 1 aromatic heterocycles. The van der Waals surface area contributed by atoms with Crippen LogP contribution in [0.1, 0.15) is 11.3 Å². The lowest BCUT2D eigenvalue weighted by molar-refractivity contribution is -0.118. The van der Waals surface area contributed by atoms with Gasteiger partial charge in [0.15, 0.2) is 0 Å². The summed E-state index contributed by atoms with van der Waals surface area (Å²) in [5, 5.41) is 6.69. The normalized spacial score (nSPS) is 9.83. The fourth-order valence-electron chi connectivity index (χ4n) is 0.724. The SMILES string of the molecule is Cc1nocc1CNC(=O)CBr. The molecular weight excluding hydrogens is 224 g/mol. The summed E-state index contributed by atoms with van der Waals surface area (Å²) in [6.45, 7) is 2.30. The highest BCUT2D eigenvalue weighted by Crippen LogP contribution is 2.03. The quantitative estimate of drug-likeness (QED) is 0.792. The number of halogens is 1. The van der Waals surface area contributed by atoms with E-state index in [1.807, 2.05) is 6.92 Å². The third kappa shape index (κ3) is 2.34. The Hall–Kier alpha value is -0.840. The van der Waals surface area contributed by atoms with E-state index >= 15 is 0 Å². The number of nitrogens with zero attached hydrogens (tertiary/aromatic N) is 1. The number of carbonyl (C=O) groups excluding carboxylic acids is 1. The molecular formula is C7H9BrN2O2. The Kier molecular flexibility index (Phi) is 3.28. The van der Waals surface area contributed by atoms with Crippen molar-refractivity contribution in [3.05, 3.63) is 17.5 Å². The third-order valence-electron chi connectivity index (χ3n) is 1.45. The van der Waals surface area contributed by atoms with E-state index in [2.05, 4.69) is 26.4 Å². The van der Waals surface area contributed by atoms with Gasteiger partial charge >= 0.3 is 0 Å². The van der Waals surface area contributed by atoms with Crippen molar-refractivity contribution < 1.29 is 9.32 Å². The zero-order valence-electron chi connectivity index (χ0n) is 6.63. The highest BCUT2D eigenvalue weighted by Gasteiger charge is 2.03. The van der Waals surface area contributed by atoms with Crippen LogP contribution in [0.25, 0.3) is 0 Å². The Labute approximate surface area is 78.4 Å². The molecule has 0 aliphatic carbocycles. The van der Waals surface area contributed by atoms with Crippen LogP contribution in [0.5, 0.6) is 0 Å². The molecule has 5 heteroatoms. The van der Waals surface area contributed by atoms with Crippen molar-refractivity contribution in [2.45, 2.75) is 13.5 Å². The van der Waals surface area contributed by atoms with Crippen molar-refractivity contribution in [3.63, 3.8) is 0 Å². The lowest BCUT2D eigenvalue weighted by atomic mass is 10.3. The third-order valence-corrected chi connectivity index (χ3v) is 1.96. The summed E-state index contributed by atoms with van der Waals surface area (Å²) in [4.78, 5) is 10.8. The number of amides is 1. The summed E-state index contributed by atoms with van der Waals surface area (Å²) in [6.07, 6.45) is 1.53. The molecule has 0 fully saturated rings. The molecule has 0 saturated heterocycles. The second-order valence-corrected chi connectivity index (χ2v) is 2.90. The molecule has 0 aliphatic heterocycles. The van der Waals surface area contributed by atoms with Crippen molar-refractivity contribution in [3.8, 4) is 0 Å². The van der Waals surface area contributed by atoms with Crippen molar-refractivity contribution in [1.29, 1.82) is 0 Å². The van der Waals surface area contributed by atoms with Gasteiger partial charge in [0.25, 0.3) is 0 Å². The highest BCUT2D eigenvalue weighted by molar-refractivity contribution is 9.09. The van der Waals surface area contributed by atoms with Gasteiger partial charge in [0, 0.05) is 12.1 Å². The molecule has 12 heavy (non-hydrogen) atoms. The molecule has 0 aliphatic rings. The predicted octanol–water partition coefficient (Wildman–Crippen LogP) is 0.994. The number of alkyl halides is 1. The van der Waals surface area contributed by atoms with Gasteiger partial charge in [-0.3, -0.25) is 4.79 Å². The first-order chi connectivity index (χ1) is 5.74. The summed E-state index contributed by atoms with van der Waals surface area (Å²) in [5.41, 5.74) is 1.72. The first kappa shape index (κ1) is 9.25. The van der Waals surface area contributed by atoms with Crippen LogP contribution in [0.3, 0.4) is 0 Å². The average Bonchev–Trinajstić information content (AvgIpc) is 2.47. The minimum atomic E-state index is -0.0457. The molecule has 0 saturated carbocycles. The number of rotatable bonds is 3. The molecule has 1 amide bonds. The van der Waals surface area contributed by atoms with Gasteiger partial charge in [-0.2, -0.15) is 0 Å². The van der Waals surface area contributed by atoms with Gasteiger partial charge in [0.05, 0.1) is 11.0 Å². The molecule has 0 spiro atoms. The Balaban J connectivity index is 2.43. The maximum Gasteiger partial charge on any atom is 0.230 e. The van der Waals surface area contributed by atoms with Gasteiger partial charge in [0.2, 0.25) is 5.91 Å². The Bertz CT molecular complexity index is 272. The standard InChI is InChI=1S/C7H9BrN2O2/c1-5-6(4-12-10-5)3-9-7(11)2-8/h4H,2-3H2,1H3,(H,9,11). The molecule has 0 aromatic carbocycles. The molecule has 1 rings (SSSR count). The van der Waals surface area contributed by atoms with Gasteiger partial charge in [-0.25, -0.2) is 0 Å². The topological polar surface area (TPSA) is 55.1 Å². The van der Waals surface area contributed by atoms with Crippen molar-refractivity contribution >= 4 is 21.8 Å². The van der Waals surface area contributed by atoms with E-state index in [0.717, 1.165) is 11.3 Å². The Morgan fingerprint density at radius 3 is 3.08 bits per heavy atom. The summed E-state index contributed by atoms with van der Waals surface area (Å²) in [7, 11) is 0. The predicted molar refractivity (Wildman–Crippen MR) is 46.9 cm³/mol. The Morgan fingerprint density at radius 2 is 2.58 bits per heavy atom. The van der Waals surface area contributed by atoms with Gasteiger partial charge in [-0.1, -0.05) is 21.1 Å². The van der Waals surface area contributed by atoms with Crippen LogP contribution in [0.4, 0.5) is 0 Å². The van der Waals surface area contributed by atoms with Crippen LogP contribution >= 0.6 is 15.9 Å². The first-order valence-electron chi connectivity index (χ1n) is 3.46. The van der Waals surface area contributed by atoms with Crippen LogP contribution in [-0.4, -0.2) is 16.4 Å². The number of hydrogen-bond donors (Lipinski definition) is 1. The van der Waals surface area contributed by atoms with Crippen LogP contribution in [-0.2, 0) is 11.3 Å². The highest BCUT2D eigenvalue weighted by atomic mass is 79.9. The Morgan fingerprint density at radius 1 is 1.83 bits per heavy atom. The fourth-order valence-corrected chi connectivity index (χ4v) is 0.922. The minimum Gasteiger partial charge on any atom is -0.364 e. The first-order valence-corrected chi connectivity index (χ1v) is 4.58. The zero-order valence-corrected chi connectivity index (χ0v) is 8.22. The minimum absolute atomic E-state index is 0.0457. The van der Waals surface area contributed by atoms with E-state index in [9.17, 15) is 4.79 Å². The molecule has 1 aromatic rings. The van der Waals surface area contributed by atoms with Gasteiger partial charge in [-0.15, -0.1) is 0 Å². The number of carbonyl (C=O) groups is 1. The fraction of sp³-hybridized carbons (Fsp3) is 0.429. The summed E-state index contributed by atoms with van der Waals surface area (Å²) >= 11 is 3.05. The number of aromatic nitrogens is 1. The van der Waals surface area contributed by atoms with E-state index in [4.69, 9.17) is 4.52 Å². The number of nitrogens with one attached hydrogen (secondary N) is 1. The second-order valence-electron chi connectivity index (χ2n) is 2.34. The number of aryl methyl sites for hydroxylation is 1. The zero-order chi connectivity index (χ0) is 8.97. The van der Waals surface area contributed by atoms with Gasteiger partial charge in [0.1, 0.15) is 6.26 Å². The maximum absolute atomic E-state index is 10.8. The smallest absolute Gasteiger partial charge is 0.230 e. The maximum atomic E-state index is 10.8. The van der Waals surface area contributed by atoms with Crippen LogP contribution in [0.2, 0.25) is 0 Å². The van der Waals surface area contributed by atoms with Crippen LogP contribution < -0.4 is 5.32 Å². The van der Waals surface area contributed by atoms with Crippen LogP contribution in [0.15, 0.2) is 10.8 Å². The van der Waals surface area contributed by atoms with Crippen LogP contribution in [0, 0.1) is 6.92 Å².